The second-order valence-corrected chi connectivity index (χ2v) is 5.02. The van der Waals surface area contributed by atoms with E-state index in [0.29, 0.717) is 11.3 Å². The molecule has 0 saturated heterocycles. The molecular weight excluding hydrogens is 336 g/mol. The molecule has 0 aliphatic carbocycles. The highest BCUT2D eigenvalue weighted by atomic mass is 79.9. The van der Waals surface area contributed by atoms with Gasteiger partial charge in [0.15, 0.2) is 0 Å². The molecule has 2 rings (SSSR count). The van der Waals surface area contributed by atoms with Crippen molar-refractivity contribution in [2.45, 2.75) is 0 Å². The average molecular weight is 349 g/mol. The summed E-state index contributed by atoms with van der Waals surface area (Å²) >= 11 is 3.35. The van der Waals surface area contributed by atoms with Crippen LogP contribution in [0.15, 0.2) is 52.0 Å². The van der Waals surface area contributed by atoms with Crippen LogP contribution in [0, 0.1) is 0 Å². The Hall–Kier alpha value is -2.34. The molecule has 0 saturated carbocycles. The highest BCUT2D eigenvalue weighted by Crippen LogP contribution is 2.21. The van der Waals surface area contributed by atoms with E-state index in [4.69, 9.17) is 4.74 Å². The van der Waals surface area contributed by atoms with Crippen LogP contribution in [0.2, 0.25) is 0 Å². The maximum atomic E-state index is 11.9. The number of halogens is 1. The second-order valence-electron chi connectivity index (χ2n) is 4.10. The van der Waals surface area contributed by atoms with E-state index in [1.165, 1.54) is 18.3 Å². The van der Waals surface area contributed by atoms with Gasteiger partial charge < -0.3 is 9.84 Å². The van der Waals surface area contributed by atoms with Gasteiger partial charge in [-0.05, 0) is 30.3 Å². The molecule has 21 heavy (non-hydrogen) atoms. The van der Waals surface area contributed by atoms with Crippen molar-refractivity contribution >= 4 is 28.1 Å². The van der Waals surface area contributed by atoms with Crippen LogP contribution in [0.5, 0.6) is 11.5 Å². The predicted molar refractivity (Wildman–Crippen MR) is 83.9 cm³/mol. The number of carbonyl (C=O) groups excluding carboxylic acids is 1. The lowest BCUT2D eigenvalue weighted by Gasteiger charge is -2.05. The largest absolute Gasteiger partial charge is 0.507 e. The number of amides is 1. The molecule has 0 fully saturated rings. The number of carbonyl (C=O) groups is 1. The Morgan fingerprint density at radius 2 is 2.10 bits per heavy atom. The van der Waals surface area contributed by atoms with Crippen molar-refractivity contribution in [3.63, 3.8) is 0 Å². The van der Waals surface area contributed by atoms with Crippen LogP contribution in [-0.4, -0.2) is 24.3 Å². The first kappa shape index (κ1) is 15.1. The van der Waals surface area contributed by atoms with E-state index in [-0.39, 0.29) is 11.3 Å². The molecular formula is C15H13BrN2O3. The molecule has 0 radical (unpaired) electrons. The van der Waals surface area contributed by atoms with Gasteiger partial charge in [-0.1, -0.05) is 28.1 Å². The van der Waals surface area contributed by atoms with Gasteiger partial charge in [-0.15, -0.1) is 0 Å². The summed E-state index contributed by atoms with van der Waals surface area (Å²) in [4.78, 5) is 11.9. The Labute approximate surface area is 130 Å². The van der Waals surface area contributed by atoms with Crippen LogP contribution < -0.4 is 10.2 Å². The summed E-state index contributed by atoms with van der Waals surface area (Å²) in [6.07, 6.45) is 1.47. The van der Waals surface area contributed by atoms with Crippen molar-refractivity contribution in [1.29, 1.82) is 0 Å². The van der Waals surface area contributed by atoms with Crippen molar-refractivity contribution in [1.82, 2.24) is 5.43 Å². The number of nitrogens with zero attached hydrogens (tertiary/aromatic N) is 1. The number of ether oxygens (including phenoxy) is 1. The zero-order valence-corrected chi connectivity index (χ0v) is 12.8. The summed E-state index contributed by atoms with van der Waals surface area (Å²) in [7, 11) is 1.56. The van der Waals surface area contributed by atoms with E-state index in [1.807, 2.05) is 12.1 Å². The molecule has 5 nitrogen and oxygen atoms in total. The number of hydrogen-bond acceptors (Lipinski definition) is 4. The summed E-state index contributed by atoms with van der Waals surface area (Å²) in [5.74, 6) is 0.0577. The average Bonchev–Trinajstić information content (AvgIpc) is 2.48. The predicted octanol–water partition coefficient (Wildman–Crippen LogP) is 2.93. The number of benzene rings is 2. The number of aromatic hydroxyl groups is 1. The fourth-order valence-electron chi connectivity index (χ4n) is 1.69. The number of hydrogen-bond donors (Lipinski definition) is 2. The Kier molecular flexibility index (Phi) is 4.94. The van der Waals surface area contributed by atoms with Crippen molar-refractivity contribution in [2.24, 2.45) is 5.10 Å². The third-order valence-corrected chi connectivity index (χ3v) is 3.20. The number of methoxy groups -OCH3 is 1. The van der Waals surface area contributed by atoms with Gasteiger partial charge in [0.25, 0.3) is 5.91 Å². The Bertz CT molecular complexity index is 686. The van der Waals surface area contributed by atoms with Gasteiger partial charge >= 0.3 is 0 Å². The van der Waals surface area contributed by atoms with Crippen LogP contribution in [0.3, 0.4) is 0 Å². The normalized spacial score (nSPS) is 10.6. The Morgan fingerprint density at radius 1 is 1.33 bits per heavy atom. The number of nitrogens with one attached hydrogen (secondary N) is 1. The van der Waals surface area contributed by atoms with Crippen LogP contribution in [0.25, 0.3) is 0 Å². The lowest BCUT2D eigenvalue weighted by Crippen LogP contribution is -2.17. The number of phenols is 1. The van der Waals surface area contributed by atoms with Gasteiger partial charge in [-0.25, -0.2) is 5.43 Å². The number of phenolic OH excluding ortho intramolecular Hbond substituents is 1. The molecule has 0 aliphatic rings. The quantitative estimate of drug-likeness (QED) is 0.659. The van der Waals surface area contributed by atoms with E-state index in [1.54, 1.807) is 25.3 Å². The molecule has 0 spiro atoms. The molecule has 0 unspecified atom stereocenters. The molecule has 2 N–H and O–H groups in total. The third-order valence-electron chi connectivity index (χ3n) is 2.71. The fourth-order valence-corrected chi connectivity index (χ4v) is 2.07. The van der Waals surface area contributed by atoms with Crippen molar-refractivity contribution in [3.05, 3.63) is 58.1 Å². The van der Waals surface area contributed by atoms with Crippen LogP contribution in [-0.2, 0) is 0 Å². The first-order chi connectivity index (χ1) is 10.1. The SMILES string of the molecule is COc1ccc(Br)cc1C=NNC(=O)c1ccccc1O. The standard InChI is InChI=1S/C15H13BrN2O3/c1-21-14-7-6-11(16)8-10(14)9-17-18-15(20)12-4-2-3-5-13(12)19/h2-9,19H,1H3,(H,18,20). The van der Waals surface area contributed by atoms with E-state index < -0.39 is 5.91 Å². The molecule has 6 heteroatoms. The minimum atomic E-state index is -0.488. The molecule has 0 bridgehead atoms. The third kappa shape index (κ3) is 3.82. The van der Waals surface area contributed by atoms with Gasteiger partial charge in [0, 0.05) is 10.0 Å². The van der Waals surface area contributed by atoms with Gasteiger partial charge in [0.1, 0.15) is 11.5 Å². The van der Waals surface area contributed by atoms with Gasteiger partial charge in [0.2, 0.25) is 0 Å². The van der Waals surface area contributed by atoms with E-state index in [9.17, 15) is 9.90 Å². The van der Waals surface area contributed by atoms with Gasteiger partial charge in [-0.2, -0.15) is 5.10 Å². The summed E-state index contributed by atoms with van der Waals surface area (Å²) < 4.78 is 6.07. The maximum absolute atomic E-state index is 11.9. The molecule has 0 aromatic heterocycles. The van der Waals surface area contributed by atoms with Crippen LogP contribution >= 0.6 is 15.9 Å². The fraction of sp³-hybridized carbons (Fsp3) is 0.0667. The Morgan fingerprint density at radius 3 is 2.81 bits per heavy atom. The lowest BCUT2D eigenvalue weighted by molar-refractivity contribution is 0.0952. The van der Waals surface area contributed by atoms with Crippen molar-refractivity contribution < 1.29 is 14.6 Å². The van der Waals surface area contributed by atoms with Gasteiger partial charge in [-0.3, -0.25) is 4.79 Å². The zero-order valence-electron chi connectivity index (χ0n) is 11.2. The topological polar surface area (TPSA) is 70.9 Å². The van der Waals surface area contributed by atoms with Gasteiger partial charge in [0.05, 0.1) is 18.9 Å². The van der Waals surface area contributed by atoms with Crippen molar-refractivity contribution in [3.8, 4) is 11.5 Å². The van der Waals surface area contributed by atoms with Crippen LogP contribution in [0.1, 0.15) is 15.9 Å². The Balaban J connectivity index is 2.11. The number of para-hydroxylation sites is 1. The smallest absolute Gasteiger partial charge is 0.275 e. The highest BCUT2D eigenvalue weighted by Gasteiger charge is 2.08. The molecule has 0 atom stereocenters. The monoisotopic (exact) mass is 348 g/mol. The summed E-state index contributed by atoms with van der Waals surface area (Å²) in [6, 6.07) is 11.7. The highest BCUT2D eigenvalue weighted by molar-refractivity contribution is 9.10. The van der Waals surface area contributed by atoms with Crippen LogP contribution in [0.4, 0.5) is 0 Å². The maximum Gasteiger partial charge on any atom is 0.275 e. The molecule has 2 aromatic carbocycles. The minimum Gasteiger partial charge on any atom is -0.507 e. The summed E-state index contributed by atoms with van der Waals surface area (Å²) in [5.41, 5.74) is 3.23. The summed E-state index contributed by atoms with van der Waals surface area (Å²) in [5, 5.41) is 13.4. The molecule has 0 heterocycles. The van der Waals surface area contributed by atoms with E-state index >= 15 is 0 Å². The molecule has 2 aromatic rings. The molecule has 0 aliphatic heterocycles. The first-order valence-corrected chi connectivity index (χ1v) is 6.86. The minimum absolute atomic E-state index is 0.0924. The number of rotatable bonds is 4. The number of hydrazone groups is 1. The first-order valence-electron chi connectivity index (χ1n) is 6.06. The van der Waals surface area contributed by atoms with E-state index in [0.717, 1.165) is 4.47 Å². The second kappa shape index (κ2) is 6.90. The van der Waals surface area contributed by atoms with Crippen molar-refractivity contribution in [2.75, 3.05) is 7.11 Å². The lowest BCUT2D eigenvalue weighted by atomic mass is 10.2. The molecule has 1 amide bonds. The molecule has 108 valence electrons. The van der Waals surface area contributed by atoms with E-state index in [2.05, 4.69) is 26.5 Å². The zero-order chi connectivity index (χ0) is 15.2. The summed E-state index contributed by atoms with van der Waals surface area (Å²) in [6.45, 7) is 0.